The summed E-state index contributed by atoms with van der Waals surface area (Å²) in [6.07, 6.45) is 2.26. The van der Waals surface area contributed by atoms with Crippen LogP contribution in [0.15, 0.2) is 52.3 Å². The molecule has 1 fully saturated rings. The molecule has 3 rings (SSSR count). The summed E-state index contributed by atoms with van der Waals surface area (Å²) in [4.78, 5) is 16.8. The van der Waals surface area contributed by atoms with Crippen LogP contribution in [0.2, 0.25) is 0 Å². The summed E-state index contributed by atoms with van der Waals surface area (Å²) in [7, 11) is 0. The van der Waals surface area contributed by atoms with Crippen LogP contribution in [0.3, 0.4) is 0 Å². The molecule has 1 aliphatic heterocycles. The first kappa shape index (κ1) is 17.9. The predicted molar refractivity (Wildman–Crippen MR) is 105 cm³/mol. The molecule has 0 aliphatic carbocycles. The maximum Gasteiger partial charge on any atom is 0.244 e. The van der Waals surface area contributed by atoms with Gasteiger partial charge >= 0.3 is 0 Å². The van der Waals surface area contributed by atoms with Crippen LogP contribution in [0, 0.1) is 13.8 Å². The summed E-state index contributed by atoms with van der Waals surface area (Å²) >= 11 is 1.76. The molecular weight excluding hydrogens is 328 g/mol. The predicted octanol–water partition coefficient (Wildman–Crippen LogP) is 4.88. The van der Waals surface area contributed by atoms with Crippen molar-refractivity contribution in [3.8, 4) is 0 Å². The van der Waals surface area contributed by atoms with E-state index in [9.17, 15) is 4.79 Å². The summed E-state index contributed by atoms with van der Waals surface area (Å²) in [5, 5.41) is 3.33. The maximum atomic E-state index is 12.4. The van der Waals surface area contributed by atoms with Gasteiger partial charge in [-0.3, -0.25) is 4.79 Å². The van der Waals surface area contributed by atoms with Gasteiger partial charge in [0, 0.05) is 28.6 Å². The number of amides is 1. The highest BCUT2D eigenvalue weighted by atomic mass is 32.2. The van der Waals surface area contributed by atoms with Crippen molar-refractivity contribution in [1.82, 2.24) is 4.90 Å². The van der Waals surface area contributed by atoms with Gasteiger partial charge in [-0.05, 0) is 81.1 Å². The lowest BCUT2D eigenvalue weighted by molar-refractivity contribution is -0.130. The Hall–Kier alpha value is -1.94. The van der Waals surface area contributed by atoms with E-state index in [2.05, 4.69) is 61.6 Å². The van der Waals surface area contributed by atoms with Gasteiger partial charge in [-0.25, -0.2) is 0 Å². The standard InChI is InChI=1S/C21H26N2OS/c1-15-6-9-20(14-16(15)2)25-19-10-7-18(8-11-19)22-17(3)21(24)23-12-4-5-13-23/h6-11,14,17,22H,4-5,12-13H2,1-3H3. The summed E-state index contributed by atoms with van der Waals surface area (Å²) in [5.41, 5.74) is 3.63. The number of nitrogens with one attached hydrogen (secondary N) is 1. The topological polar surface area (TPSA) is 32.3 Å². The molecule has 1 heterocycles. The highest BCUT2D eigenvalue weighted by molar-refractivity contribution is 7.99. The van der Waals surface area contributed by atoms with E-state index in [1.54, 1.807) is 11.8 Å². The zero-order chi connectivity index (χ0) is 17.8. The molecule has 2 aromatic carbocycles. The van der Waals surface area contributed by atoms with Gasteiger partial charge < -0.3 is 10.2 Å². The summed E-state index contributed by atoms with van der Waals surface area (Å²) in [6.45, 7) is 8.02. The average Bonchev–Trinajstić information content (AvgIpc) is 3.14. The van der Waals surface area contributed by atoms with Crippen molar-refractivity contribution in [3.63, 3.8) is 0 Å². The van der Waals surface area contributed by atoms with Gasteiger partial charge in [0.05, 0.1) is 0 Å². The largest absolute Gasteiger partial charge is 0.374 e. The summed E-state index contributed by atoms with van der Waals surface area (Å²) < 4.78 is 0. The summed E-state index contributed by atoms with van der Waals surface area (Å²) in [6, 6.07) is 14.7. The molecule has 3 nitrogen and oxygen atoms in total. The molecule has 0 saturated carbocycles. The van der Waals surface area contributed by atoms with E-state index < -0.39 is 0 Å². The van der Waals surface area contributed by atoms with E-state index in [0.29, 0.717) is 0 Å². The van der Waals surface area contributed by atoms with Crippen LogP contribution in [0.1, 0.15) is 30.9 Å². The highest BCUT2D eigenvalue weighted by Gasteiger charge is 2.22. The second-order valence-corrected chi connectivity index (χ2v) is 7.92. The van der Waals surface area contributed by atoms with E-state index >= 15 is 0 Å². The molecule has 0 bridgehead atoms. The Morgan fingerprint density at radius 2 is 1.64 bits per heavy atom. The first-order valence-corrected chi connectivity index (χ1v) is 9.75. The Labute approximate surface area is 154 Å². The van der Waals surface area contributed by atoms with Crippen LogP contribution < -0.4 is 5.32 Å². The lowest BCUT2D eigenvalue weighted by Crippen LogP contribution is -2.39. The Morgan fingerprint density at radius 1 is 1.00 bits per heavy atom. The van der Waals surface area contributed by atoms with Crippen LogP contribution in [0.4, 0.5) is 5.69 Å². The minimum atomic E-state index is -0.184. The van der Waals surface area contributed by atoms with Crippen molar-refractivity contribution in [3.05, 3.63) is 53.6 Å². The Kier molecular flexibility index (Phi) is 5.69. The molecule has 1 saturated heterocycles. The molecule has 4 heteroatoms. The minimum absolute atomic E-state index is 0.184. The molecule has 1 aliphatic rings. The zero-order valence-electron chi connectivity index (χ0n) is 15.2. The number of likely N-dealkylation sites (tertiary alicyclic amines) is 1. The normalized spacial score (nSPS) is 15.2. The maximum absolute atomic E-state index is 12.4. The number of carbonyl (C=O) groups is 1. The third kappa shape index (κ3) is 4.57. The quantitative estimate of drug-likeness (QED) is 0.831. The van der Waals surface area contributed by atoms with Crippen molar-refractivity contribution in [2.45, 2.75) is 49.4 Å². The Bertz CT molecular complexity index is 736. The molecule has 1 atom stereocenters. The molecule has 0 aromatic heterocycles. The van der Waals surface area contributed by atoms with Gasteiger partial charge in [0.1, 0.15) is 6.04 Å². The number of anilines is 1. The van der Waals surface area contributed by atoms with Crippen LogP contribution in [0.25, 0.3) is 0 Å². The Morgan fingerprint density at radius 3 is 2.28 bits per heavy atom. The molecule has 1 N–H and O–H groups in total. The molecule has 0 radical (unpaired) electrons. The fourth-order valence-corrected chi connectivity index (χ4v) is 3.97. The van der Waals surface area contributed by atoms with E-state index in [4.69, 9.17) is 0 Å². The number of rotatable bonds is 5. The minimum Gasteiger partial charge on any atom is -0.374 e. The summed E-state index contributed by atoms with van der Waals surface area (Å²) in [5.74, 6) is 0.200. The molecule has 25 heavy (non-hydrogen) atoms. The number of nitrogens with zero attached hydrogens (tertiary/aromatic N) is 1. The average molecular weight is 355 g/mol. The van der Waals surface area contributed by atoms with Gasteiger partial charge in [0.25, 0.3) is 0 Å². The molecule has 2 aromatic rings. The smallest absolute Gasteiger partial charge is 0.244 e. The van der Waals surface area contributed by atoms with E-state index in [-0.39, 0.29) is 11.9 Å². The third-order valence-corrected chi connectivity index (χ3v) is 5.74. The SMILES string of the molecule is Cc1ccc(Sc2ccc(NC(C)C(=O)N3CCCC3)cc2)cc1C. The number of carbonyl (C=O) groups excluding carboxylic acids is 1. The van der Waals surface area contributed by atoms with Crippen LogP contribution in [0.5, 0.6) is 0 Å². The molecule has 1 unspecified atom stereocenters. The van der Waals surface area contributed by atoms with Gasteiger partial charge in [-0.1, -0.05) is 17.8 Å². The first-order chi connectivity index (χ1) is 12.0. The number of aryl methyl sites for hydroxylation is 2. The van der Waals surface area contributed by atoms with E-state index in [0.717, 1.165) is 31.6 Å². The van der Waals surface area contributed by atoms with Crippen molar-refractivity contribution >= 4 is 23.4 Å². The van der Waals surface area contributed by atoms with Crippen LogP contribution >= 0.6 is 11.8 Å². The second kappa shape index (κ2) is 7.96. The molecular formula is C21H26N2OS. The van der Waals surface area contributed by atoms with Gasteiger partial charge in [-0.2, -0.15) is 0 Å². The van der Waals surface area contributed by atoms with Crippen molar-refractivity contribution in [1.29, 1.82) is 0 Å². The van der Waals surface area contributed by atoms with Crippen LogP contribution in [-0.4, -0.2) is 29.9 Å². The fourth-order valence-electron chi connectivity index (χ4n) is 3.06. The lowest BCUT2D eigenvalue weighted by atomic mass is 10.1. The fraction of sp³-hybridized carbons (Fsp3) is 0.381. The van der Waals surface area contributed by atoms with Crippen molar-refractivity contribution in [2.75, 3.05) is 18.4 Å². The number of hydrogen-bond acceptors (Lipinski definition) is 3. The van der Waals surface area contributed by atoms with Crippen molar-refractivity contribution < 1.29 is 4.79 Å². The third-order valence-electron chi connectivity index (χ3n) is 4.74. The van der Waals surface area contributed by atoms with E-state index in [1.807, 2.05) is 11.8 Å². The van der Waals surface area contributed by atoms with Crippen molar-refractivity contribution in [2.24, 2.45) is 0 Å². The van der Waals surface area contributed by atoms with E-state index in [1.165, 1.54) is 20.9 Å². The molecule has 132 valence electrons. The Balaban J connectivity index is 1.59. The van der Waals surface area contributed by atoms with Crippen LogP contribution in [-0.2, 0) is 4.79 Å². The van der Waals surface area contributed by atoms with Gasteiger partial charge in [0.15, 0.2) is 0 Å². The molecule has 1 amide bonds. The zero-order valence-corrected chi connectivity index (χ0v) is 16.0. The lowest BCUT2D eigenvalue weighted by Gasteiger charge is -2.22. The second-order valence-electron chi connectivity index (χ2n) is 6.77. The van der Waals surface area contributed by atoms with Gasteiger partial charge in [-0.15, -0.1) is 0 Å². The monoisotopic (exact) mass is 354 g/mol. The van der Waals surface area contributed by atoms with Gasteiger partial charge in [0.2, 0.25) is 5.91 Å². The first-order valence-electron chi connectivity index (χ1n) is 8.93. The highest BCUT2D eigenvalue weighted by Crippen LogP contribution is 2.30. The molecule has 0 spiro atoms. The number of benzene rings is 2. The number of hydrogen-bond donors (Lipinski definition) is 1.